The molecule has 0 aliphatic carbocycles. The minimum atomic E-state index is -1.07. The van der Waals surface area contributed by atoms with E-state index in [4.69, 9.17) is 10.00 Å². The number of halogens is 2. The van der Waals surface area contributed by atoms with Gasteiger partial charge in [-0.05, 0) is 52.1 Å². The Morgan fingerprint density at radius 2 is 1.50 bits per heavy atom. The predicted octanol–water partition coefficient (Wildman–Crippen LogP) is 7.87. The predicted molar refractivity (Wildman–Crippen MR) is 130 cm³/mol. The van der Waals surface area contributed by atoms with Crippen LogP contribution in [0.1, 0.15) is 60.5 Å². The third-order valence-corrected chi connectivity index (χ3v) is 6.04. The maximum absolute atomic E-state index is 13.8. The van der Waals surface area contributed by atoms with Gasteiger partial charge in [-0.25, -0.2) is 13.6 Å². The van der Waals surface area contributed by atoms with Gasteiger partial charge in [-0.2, -0.15) is 5.26 Å². The summed E-state index contributed by atoms with van der Waals surface area (Å²) >= 11 is 0. The van der Waals surface area contributed by atoms with Crippen LogP contribution in [0, 0.1) is 23.0 Å². The molecule has 34 heavy (non-hydrogen) atoms. The van der Waals surface area contributed by atoms with E-state index in [0.29, 0.717) is 0 Å². The Hall–Kier alpha value is -3.78. The monoisotopic (exact) mass is 457 g/mol. The average molecular weight is 458 g/mol. The first-order chi connectivity index (χ1) is 16.5. The fraction of sp³-hybridized carbons (Fsp3) is 0.241. The van der Waals surface area contributed by atoms with Crippen molar-refractivity contribution in [1.29, 1.82) is 5.26 Å². The maximum Gasteiger partial charge on any atom is 0.343 e. The van der Waals surface area contributed by atoms with Crippen LogP contribution in [0.5, 0.6) is 5.75 Å². The lowest BCUT2D eigenvalue weighted by Crippen LogP contribution is -2.09. The van der Waals surface area contributed by atoms with Crippen LogP contribution >= 0.6 is 0 Å². The first-order valence-corrected chi connectivity index (χ1v) is 11.6. The van der Waals surface area contributed by atoms with E-state index in [1.807, 2.05) is 18.2 Å². The van der Waals surface area contributed by atoms with Gasteiger partial charge < -0.3 is 4.74 Å². The molecule has 4 aromatic carbocycles. The van der Waals surface area contributed by atoms with Crippen LogP contribution in [0.2, 0.25) is 0 Å². The Bertz CT molecular complexity index is 1380. The molecule has 0 heterocycles. The zero-order valence-electron chi connectivity index (χ0n) is 19.0. The number of fused-ring (bicyclic) bond motifs is 3. The number of benzene rings is 4. The highest BCUT2D eigenvalue weighted by Crippen LogP contribution is 2.28. The highest BCUT2D eigenvalue weighted by molar-refractivity contribution is 6.09. The summed E-state index contributed by atoms with van der Waals surface area (Å²) in [5.41, 5.74) is 0.878. The van der Waals surface area contributed by atoms with Crippen LogP contribution in [0.25, 0.3) is 21.5 Å². The normalized spacial score (nSPS) is 11.0. The highest BCUT2D eigenvalue weighted by atomic mass is 19.1. The van der Waals surface area contributed by atoms with Crippen LogP contribution in [0.15, 0.2) is 60.7 Å². The van der Waals surface area contributed by atoms with Gasteiger partial charge in [0.05, 0.1) is 5.56 Å². The number of hydrogen-bond acceptors (Lipinski definition) is 3. The van der Waals surface area contributed by atoms with Crippen molar-refractivity contribution in [1.82, 2.24) is 0 Å². The van der Waals surface area contributed by atoms with E-state index in [1.165, 1.54) is 43.7 Å². The zero-order valence-corrected chi connectivity index (χ0v) is 19.0. The molecule has 0 aromatic heterocycles. The minimum Gasteiger partial charge on any atom is -0.423 e. The molecule has 3 nitrogen and oxygen atoms in total. The minimum absolute atomic E-state index is 0.265. The fourth-order valence-corrected chi connectivity index (χ4v) is 4.22. The van der Waals surface area contributed by atoms with Gasteiger partial charge in [0.15, 0.2) is 0 Å². The largest absolute Gasteiger partial charge is 0.423 e. The van der Waals surface area contributed by atoms with E-state index < -0.39 is 23.2 Å². The third-order valence-electron chi connectivity index (χ3n) is 6.04. The second-order valence-corrected chi connectivity index (χ2v) is 8.48. The number of esters is 1. The van der Waals surface area contributed by atoms with E-state index in [1.54, 1.807) is 12.1 Å². The second-order valence-electron chi connectivity index (χ2n) is 8.48. The summed E-state index contributed by atoms with van der Waals surface area (Å²) in [7, 11) is 0. The van der Waals surface area contributed by atoms with Crippen LogP contribution in [0.4, 0.5) is 8.78 Å². The molecule has 4 aromatic rings. The molecule has 4 rings (SSSR count). The number of rotatable bonds is 8. The molecule has 0 N–H and O–H groups in total. The topological polar surface area (TPSA) is 50.1 Å². The first kappa shape index (κ1) is 23.4. The molecule has 0 amide bonds. The van der Waals surface area contributed by atoms with Crippen molar-refractivity contribution in [2.24, 2.45) is 0 Å². The molecule has 0 atom stereocenters. The van der Waals surface area contributed by atoms with Crippen LogP contribution in [-0.2, 0) is 6.42 Å². The Labute approximate surface area is 197 Å². The van der Waals surface area contributed by atoms with Crippen LogP contribution in [-0.4, -0.2) is 5.97 Å². The fourth-order valence-electron chi connectivity index (χ4n) is 4.22. The van der Waals surface area contributed by atoms with Crippen LogP contribution < -0.4 is 4.74 Å². The number of nitrogens with zero attached hydrogens (tertiary/aromatic N) is 1. The van der Waals surface area contributed by atoms with E-state index in [0.717, 1.165) is 40.1 Å². The highest BCUT2D eigenvalue weighted by Gasteiger charge is 2.15. The first-order valence-electron chi connectivity index (χ1n) is 11.6. The summed E-state index contributed by atoms with van der Waals surface area (Å²) in [6.45, 7) is 2.22. The molecule has 0 fully saturated rings. The Morgan fingerprint density at radius 3 is 2.18 bits per heavy atom. The number of unbranched alkanes of at least 4 members (excludes halogenated alkanes) is 4. The zero-order chi connectivity index (χ0) is 24.1. The molecule has 5 heteroatoms. The van der Waals surface area contributed by atoms with Gasteiger partial charge in [-0.1, -0.05) is 69.0 Å². The molecular weight excluding hydrogens is 432 g/mol. The number of carbonyl (C=O) groups is 1. The lowest BCUT2D eigenvalue weighted by atomic mass is 9.97. The summed E-state index contributed by atoms with van der Waals surface area (Å²) in [6, 6.07) is 18.8. The molecule has 0 aliphatic rings. The summed E-state index contributed by atoms with van der Waals surface area (Å²) in [5.74, 6) is -3.17. The van der Waals surface area contributed by atoms with Gasteiger partial charge in [-0.3, -0.25) is 0 Å². The van der Waals surface area contributed by atoms with Gasteiger partial charge >= 0.3 is 5.97 Å². The smallest absolute Gasteiger partial charge is 0.343 e. The van der Waals surface area contributed by atoms with Gasteiger partial charge in [0.25, 0.3) is 0 Å². The SMILES string of the molecule is CCCCCCCc1ccc2c(ccc3cc(C(=O)Oc4cc(F)c(C#N)c(F)c4)ccc32)c1. The quantitative estimate of drug-likeness (QED) is 0.117. The molecule has 0 spiro atoms. The summed E-state index contributed by atoms with van der Waals surface area (Å²) in [6.07, 6.45) is 7.34. The number of ether oxygens (including phenoxy) is 1. The summed E-state index contributed by atoms with van der Waals surface area (Å²) in [5, 5.41) is 12.9. The van der Waals surface area contributed by atoms with Gasteiger partial charge in [0, 0.05) is 12.1 Å². The standard InChI is InChI=1S/C29H25F2NO2/c1-2-3-4-5-6-7-19-8-12-24-20(14-19)9-10-21-15-22(11-13-25(21)24)29(33)34-23-16-27(30)26(18-32)28(31)17-23/h8-17H,2-7H2,1H3. The van der Waals surface area contributed by atoms with Crippen molar-refractivity contribution < 1.29 is 18.3 Å². The van der Waals surface area contributed by atoms with Crippen molar-refractivity contribution in [2.45, 2.75) is 45.4 Å². The number of hydrogen-bond donors (Lipinski definition) is 0. The van der Waals surface area contributed by atoms with E-state index in [2.05, 4.69) is 25.1 Å². The van der Waals surface area contributed by atoms with Crippen molar-refractivity contribution in [2.75, 3.05) is 0 Å². The summed E-state index contributed by atoms with van der Waals surface area (Å²) < 4.78 is 32.8. The number of aryl methyl sites for hydroxylation is 1. The Balaban J connectivity index is 1.53. The van der Waals surface area contributed by atoms with Gasteiger partial charge in [0.1, 0.15) is 29.0 Å². The number of nitriles is 1. The molecule has 0 aliphatic heterocycles. The van der Waals surface area contributed by atoms with Crippen molar-refractivity contribution in [3.63, 3.8) is 0 Å². The molecule has 0 saturated carbocycles. The molecule has 0 unspecified atom stereocenters. The van der Waals surface area contributed by atoms with E-state index in [9.17, 15) is 13.6 Å². The van der Waals surface area contributed by atoms with E-state index >= 15 is 0 Å². The molecule has 0 saturated heterocycles. The van der Waals surface area contributed by atoms with Crippen molar-refractivity contribution in [3.05, 3.63) is 89.0 Å². The number of carbonyl (C=O) groups excluding carboxylic acids is 1. The third kappa shape index (κ3) is 5.07. The Kier molecular flexibility index (Phi) is 7.18. The lowest BCUT2D eigenvalue weighted by Gasteiger charge is -2.09. The average Bonchev–Trinajstić information content (AvgIpc) is 2.83. The maximum atomic E-state index is 13.8. The van der Waals surface area contributed by atoms with Crippen molar-refractivity contribution >= 4 is 27.5 Å². The Morgan fingerprint density at radius 1 is 0.853 bits per heavy atom. The molecule has 172 valence electrons. The summed E-state index contributed by atoms with van der Waals surface area (Å²) in [4.78, 5) is 12.6. The second kappa shape index (κ2) is 10.4. The lowest BCUT2D eigenvalue weighted by molar-refractivity contribution is 0.0734. The van der Waals surface area contributed by atoms with Gasteiger partial charge in [-0.15, -0.1) is 0 Å². The molecular formula is C29H25F2NO2. The molecule has 0 radical (unpaired) electrons. The van der Waals surface area contributed by atoms with Gasteiger partial charge in [0.2, 0.25) is 0 Å². The molecule has 0 bridgehead atoms. The van der Waals surface area contributed by atoms with Crippen molar-refractivity contribution in [3.8, 4) is 11.8 Å². The van der Waals surface area contributed by atoms with Crippen LogP contribution in [0.3, 0.4) is 0 Å². The van der Waals surface area contributed by atoms with E-state index in [-0.39, 0.29) is 11.3 Å².